The van der Waals surface area contributed by atoms with Crippen molar-refractivity contribution in [1.82, 2.24) is 0 Å². The lowest BCUT2D eigenvalue weighted by molar-refractivity contribution is 0.112. The van der Waals surface area contributed by atoms with Gasteiger partial charge >= 0.3 is 0 Å². The van der Waals surface area contributed by atoms with Crippen LogP contribution in [0.15, 0.2) is 12.1 Å². The number of phenolic OH excluding ortho intramolecular Hbond substituents is 1. The average molecular weight is 180 g/mol. The fourth-order valence-electron chi connectivity index (χ4n) is 1.06. The largest absolute Gasteiger partial charge is 0.507 e. The Morgan fingerprint density at radius 2 is 1.54 bits per heavy atom. The number of carbonyl (C=O) groups is 1. The van der Waals surface area contributed by atoms with Crippen LogP contribution in [0.25, 0.3) is 0 Å². The summed E-state index contributed by atoms with van der Waals surface area (Å²) in [5, 5.41) is 9.31. The van der Waals surface area contributed by atoms with Gasteiger partial charge in [0.2, 0.25) is 0 Å². The van der Waals surface area contributed by atoms with E-state index >= 15 is 0 Å². The van der Waals surface area contributed by atoms with Crippen molar-refractivity contribution < 1.29 is 9.90 Å². The molecular formula is C11H16O2. The minimum Gasteiger partial charge on any atom is -0.507 e. The molecule has 1 rings (SSSR count). The van der Waals surface area contributed by atoms with E-state index in [1.165, 1.54) is 0 Å². The van der Waals surface area contributed by atoms with Crippen molar-refractivity contribution in [3.05, 3.63) is 28.8 Å². The van der Waals surface area contributed by atoms with E-state index in [2.05, 4.69) is 0 Å². The zero-order chi connectivity index (χ0) is 10.4. The Bertz CT molecular complexity index is 267. The fourth-order valence-corrected chi connectivity index (χ4v) is 1.06. The van der Waals surface area contributed by atoms with Crippen LogP contribution >= 0.6 is 0 Å². The van der Waals surface area contributed by atoms with Crippen LogP contribution in [0.3, 0.4) is 0 Å². The highest BCUT2D eigenvalue weighted by Crippen LogP contribution is 2.21. The van der Waals surface area contributed by atoms with Crippen molar-refractivity contribution in [2.24, 2.45) is 0 Å². The first-order valence-electron chi connectivity index (χ1n) is 4.40. The molecule has 0 heterocycles. The monoisotopic (exact) mass is 180 g/mol. The maximum Gasteiger partial charge on any atom is 0.150 e. The van der Waals surface area contributed by atoms with Gasteiger partial charge < -0.3 is 5.11 Å². The van der Waals surface area contributed by atoms with E-state index in [1.54, 1.807) is 26.0 Å². The number of benzene rings is 1. The minimum atomic E-state index is 0.274. The summed E-state index contributed by atoms with van der Waals surface area (Å²) in [7, 11) is 0. The molecule has 1 aromatic carbocycles. The van der Waals surface area contributed by atoms with Gasteiger partial charge in [-0.15, -0.1) is 0 Å². The average Bonchev–Trinajstić information content (AvgIpc) is 2.16. The molecular weight excluding hydrogens is 164 g/mol. The summed E-state index contributed by atoms with van der Waals surface area (Å²) in [5.74, 6) is 0.274. The van der Waals surface area contributed by atoms with Gasteiger partial charge in [0.05, 0.1) is 0 Å². The molecule has 1 aromatic rings. The summed E-state index contributed by atoms with van der Waals surface area (Å²) >= 11 is 0. The van der Waals surface area contributed by atoms with Gasteiger partial charge in [0, 0.05) is 5.56 Å². The van der Waals surface area contributed by atoms with Gasteiger partial charge in [-0.2, -0.15) is 0 Å². The summed E-state index contributed by atoms with van der Waals surface area (Å²) in [6.07, 6.45) is 0.777. The smallest absolute Gasteiger partial charge is 0.150 e. The predicted octanol–water partition coefficient (Wildman–Crippen LogP) is 2.85. The zero-order valence-corrected chi connectivity index (χ0v) is 8.59. The molecule has 0 aromatic heterocycles. The van der Waals surface area contributed by atoms with E-state index < -0.39 is 0 Å². The zero-order valence-electron chi connectivity index (χ0n) is 8.59. The van der Waals surface area contributed by atoms with Gasteiger partial charge in [0.1, 0.15) is 12.0 Å². The highest BCUT2D eigenvalue weighted by molar-refractivity contribution is 5.76. The SMILES string of the molecule is CC.Cc1cc(C=O)cc(C)c1O. The van der Waals surface area contributed by atoms with E-state index in [1.807, 2.05) is 13.8 Å². The molecule has 13 heavy (non-hydrogen) atoms. The number of aromatic hydroxyl groups is 1. The molecule has 0 fully saturated rings. The van der Waals surface area contributed by atoms with Crippen LogP contribution in [-0.4, -0.2) is 11.4 Å². The molecule has 0 saturated heterocycles. The highest BCUT2D eigenvalue weighted by Gasteiger charge is 2.01. The van der Waals surface area contributed by atoms with Crippen LogP contribution in [0.1, 0.15) is 35.3 Å². The normalized spacial score (nSPS) is 8.62. The third-order valence-electron chi connectivity index (χ3n) is 1.65. The van der Waals surface area contributed by atoms with E-state index in [0.717, 1.165) is 17.4 Å². The van der Waals surface area contributed by atoms with Gasteiger partial charge in [0.25, 0.3) is 0 Å². The van der Waals surface area contributed by atoms with Gasteiger partial charge in [-0.25, -0.2) is 0 Å². The van der Waals surface area contributed by atoms with Crippen molar-refractivity contribution in [2.45, 2.75) is 27.7 Å². The van der Waals surface area contributed by atoms with Gasteiger partial charge in [-0.05, 0) is 37.1 Å². The standard InChI is InChI=1S/C9H10O2.C2H6/c1-6-3-8(5-10)4-7(2)9(6)11;1-2/h3-5,11H,1-2H3;1-2H3. The predicted molar refractivity (Wildman–Crippen MR) is 54.3 cm³/mol. The Labute approximate surface area is 79.2 Å². The van der Waals surface area contributed by atoms with E-state index in [9.17, 15) is 9.90 Å². The second kappa shape index (κ2) is 5.36. The molecule has 0 unspecified atom stereocenters. The first-order chi connectivity index (χ1) is 6.15. The van der Waals surface area contributed by atoms with Gasteiger partial charge in [-0.3, -0.25) is 4.79 Å². The minimum absolute atomic E-state index is 0.274. The molecule has 0 aliphatic rings. The molecule has 0 radical (unpaired) electrons. The van der Waals surface area contributed by atoms with Crippen LogP contribution < -0.4 is 0 Å². The first-order valence-corrected chi connectivity index (χ1v) is 4.40. The number of carbonyl (C=O) groups excluding carboxylic acids is 1. The number of phenols is 1. The quantitative estimate of drug-likeness (QED) is 0.675. The third kappa shape index (κ3) is 2.90. The van der Waals surface area contributed by atoms with Crippen molar-refractivity contribution >= 4 is 6.29 Å². The van der Waals surface area contributed by atoms with Crippen molar-refractivity contribution in [1.29, 1.82) is 0 Å². The molecule has 0 aliphatic carbocycles. The van der Waals surface area contributed by atoms with Gasteiger partial charge in [-0.1, -0.05) is 13.8 Å². The van der Waals surface area contributed by atoms with E-state index in [0.29, 0.717) is 5.56 Å². The maximum atomic E-state index is 10.3. The van der Waals surface area contributed by atoms with Crippen LogP contribution in [0.2, 0.25) is 0 Å². The lowest BCUT2D eigenvalue weighted by Crippen LogP contribution is -1.85. The fraction of sp³-hybridized carbons (Fsp3) is 0.364. The summed E-state index contributed by atoms with van der Waals surface area (Å²) in [6.45, 7) is 7.55. The Balaban J connectivity index is 0.000000671. The molecule has 2 heteroatoms. The highest BCUT2D eigenvalue weighted by atomic mass is 16.3. The molecule has 1 N–H and O–H groups in total. The number of rotatable bonds is 1. The molecule has 0 amide bonds. The van der Waals surface area contributed by atoms with Crippen LogP contribution in [0.4, 0.5) is 0 Å². The summed E-state index contributed by atoms with van der Waals surface area (Å²) in [5.41, 5.74) is 2.09. The van der Waals surface area contributed by atoms with Crippen molar-refractivity contribution in [3.8, 4) is 5.75 Å². The molecule has 0 aliphatic heterocycles. The number of aryl methyl sites for hydroxylation is 2. The van der Waals surface area contributed by atoms with Crippen molar-refractivity contribution in [3.63, 3.8) is 0 Å². The Morgan fingerprint density at radius 1 is 1.15 bits per heavy atom. The number of aldehydes is 1. The molecule has 0 saturated carbocycles. The lowest BCUT2D eigenvalue weighted by Gasteiger charge is -2.02. The second-order valence-electron chi connectivity index (χ2n) is 2.62. The number of hydrogen-bond donors (Lipinski definition) is 1. The second-order valence-corrected chi connectivity index (χ2v) is 2.62. The Kier molecular flexibility index (Phi) is 4.82. The summed E-state index contributed by atoms with van der Waals surface area (Å²) in [4.78, 5) is 10.3. The third-order valence-corrected chi connectivity index (χ3v) is 1.65. The molecule has 2 nitrogen and oxygen atoms in total. The first kappa shape index (κ1) is 11.7. The molecule has 0 bridgehead atoms. The number of hydrogen-bond acceptors (Lipinski definition) is 2. The van der Waals surface area contributed by atoms with Crippen LogP contribution in [-0.2, 0) is 0 Å². The Morgan fingerprint density at radius 3 is 1.85 bits per heavy atom. The van der Waals surface area contributed by atoms with Crippen LogP contribution in [0.5, 0.6) is 5.75 Å². The Hall–Kier alpha value is -1.31. The summed E-state index contributed by atoms with van der Waals surface area (Å²) in [6, 6.07) is 3.32. The molecule has 0 atom stereocenters. The van der Waals surface area contributed by atoms with E-state index in [4.69, 9.17) is 0 Å². The summed E-state index contributed by atoms with van der Waals surface area (Å²) < 4.78 is 0. The van der Waals surface area contributed by atoms with Crippen LogP contribution in [0, 0.1) is 13.8 Å². The van der Waals surface area contributed by atoms with Gasteiger partial charge in [0.15, 0.2) is 0 Å². The lowest BCUT2D eigenvalue weighted by atomic mass is 10.1. The topological polar surface area (TPSA) is 37.3 Å². The molecule has 0 spiro atoms. The molecule has 72 valence electrons. The van der Waals surface area contributed by atoms with E-state index in [-0.39, 0.29) is 5.75 Å². The van der Waals surface area contributed by atoms with Crippen molar-refractivity contribution in [2.75, 3.05) is 0 Å². The maximum absolute atomic E-state index is 10.3.